The predicted molar refractivity (Wildman–Crippen MR) is 176 cm³/mol. The zero-order chi connectivity index (χ0) is 26.1. The molecule has 8 aromatic carbocycles. The van der Waals surface area contributed by atoms with Gasteiger partial charge in [-0.15, -0.1) is 0 Å². The topological polar surface area (TPSA) is 0 Å². The number of fused-ring (bicyclic) bond motifs is 12. The van der Waals surface area contributed by atoms with Crippen LogP contribution in [0.15, 0.2) is 133 Å². The summed E-state index contributed by atoms with van der Waals surface area (Å²) in [6.07, 6.45) is 0. The molecule has 0 aliphatic rings. The Morgan fingerprint density at radius 3 is 0.825 bits per heavy atom. The molecule has 0 amide bonds. The minimum Gasteiger partial charge on any atom is -0.0616 e. The summed E-state index contributed by atoms with van der Waals surface area (Å²) >= 11 is 15.4. The van der Waals surface area contributed by atoms with Gasteiger partial charge in [-0.1, -0.05) is 121 Å². The molecule has 0 fully saturated rings. The van der Waals surface area contributed by atoms with Gasteiger partial charge in [-0.3, -0.25) is 0 Å². The van der Waals surface area contributed by atoms with Crippen LogP contribution >= 0.6 is 28.4 Å². The molecular formula is C36H22Cl2PPd+. The summed E-state index contributed by atoms with van der Waals surface area (Å²) in [5, 5.41) is 16.4. The van der Waals surface area contributed by atoms with Crippen LogP contribution in [0.1, 0.15) is 0 Å². The van der Waals surface area contributed by atoms with E-state index in [1.807, 2.05) is 0 Å². The molecule has 0 aliphatic carbocycles. The molecule has 4 heteroatoms. The second kappa shape index (κ2) is 9.82. The Morgan fingerprint density at radius 2 is 0.525 bits per heavy atom. The molecule has 0 bridgehead atoms. The van der Waals surface area contributed by atoms with Gasteiger partial charge in [-0.25, -0.2) is 0 Å². The van der Waals surface area contributed by atoms with E-state index >= 15 is 0 Å². The zero-order valence-electron chi connectivity index (χ0n) is 21.2. The molecule has 0 atom stereocenters. The van der Waals surface area contributed by atoms with Gasteiger partial charge in [0, 0.05) is 31.2 Å². The molecule has 0 unspecified atom stereocenters. The molecule has 0 saturated heterocycles. The van der Waals surface area contributed by atoms with Crippen LogP contribution in [0.4, 0.5) is 0 Å². The van der Waals surface area contributed by atoms with E-state index in [0.717, 1.165) is 21.4 Å². The molecule has 0 saturated carbocycles. The predicted octanol–water partition coefficient (Wildman–Crippen LogP) is 10.9. The van der Waals surface area contributed by atoms with Crippen molar-refractivity contribution in [3.8, 4) is 0 Å². The summed E-state index contributed by atoms with van der Waals surface area (Å²) in [6.45, 7) is 0. The van der Waals surface area contributed by atoms with Crippen LogP contribution in [0.5, 0.6) is 0 Å². The van der Waals surface area contributed by atoms with E-state index < -0.39 is 5.97 Å². The fourth-order valence-corrected chi connectivity index (χ4v) is 10.0. The van der Waals surface area contributed by atoms with Crippen molar-refractivity contribution in [1.29, 1.82) is 0 Å². The van der Waals surface area contributed by atoms with Gasteiger partial charge in [-0.2, -0.15) is 0 Å². The molecule has 0 spiro atoms. The molecule has 0 radical (unpaired) electrons. The van der Waals surface area contributed by atoms with Crippen LogP contribution in [0.2, 0.25) is 0 Å². The Bertz CT molecular complexity index is 2020. The second-order valence-corrected chi connectivity index (χ2v) is 15.6. The third-order valence-corrected chi connectivity index (χ3v) is 12.2. The maximum atomic E-state index is 7.72. The van der Waals surface area contributed by atoms with Gasteiger partial charge >= 0.3 is 0 Å². The van der Waals surface area contributed by atoms with Crippen LogP contribution in [0.3, 0.4) is 0 Å². The fourth-order valence-electron chi connectivity index (χ4n) is 6.47. The fraction of sp³-hybridized carbons (Fsp3) is 0. The number of hydrogen-bond acceptors (Lipinski definition) is 0. The van der Waals surface area contributed by atoms with E-state index in [4.69, 9.17) is 22.5 Å². The number of hydrogen-bond donors (Lipinski definition) is 0. The zero-order valence-corrected chi connectivity index (χ0v) is 25.2. The average molecular weight is 663 g/mol. The summed E-state index contributed by atoms with van der Waals surface area (Å²) in [4.78, 5) is 0. The van der Waals surface area contributed by atoms with Gasteiger partial charge in [0.25, 0.3) is 5.97 Å². The van der Waals surface area contributed by atoms with Crippen molar-refractivity contribution in [2.24, 2.45) is 0 Å². The largest absolute Gasteiger partial charge is 0.276 e. The quantitative estimate of drug-likeness (QED) is 0.0982. The molecule has 194 valence electrons. The maximum Gasteiger partial charge on any atom is 0.276 e. The molecule has 8 rings (SSSR count). The number of benzene rings is 8. The molecule has 0 nitrogen and oxygen atoms in total. The maximum absolute atomic E-state index is 7.72. The van der Waals surface area contributed by atoms with Gasteiger partial charge in [0.2, 0.25) is 0 Å². The summed E-state index contributed by atoms with van der Waals surface area (Å²) < 4.78 is 0. The van der Waals surface area contributed by atoms with Crippen molar-refractivity contribution in [3.63, 3.8) is 0 Å². The Morgan fingerprint density at radius 1 is 0.300 bits per heavy atom. The van der Waals surface area contributed by atoms with Crippen LogP contribution in [-0.2, 0) is 20.4 Å². The number of rotatable bonds is 2. The van der Waals surface area contributed by atoms with Crippen molar-refractivity contribution in [2.45, 2.75) is 0 Å². The normalized spacial score (nSPS) is 12.1. The van der Waals surface area contributed by atoms with Crippen LogP contribution in [-0.4, -0.2) is 0 Å². The van der Waals surface area contributed by atoms with Crippen molar-refractivity contribution in [3.05, 3.63) is 133 Å². The molecular weight excluding hydrogens is 641 g/mol. The Kier molecular flexibility index (Phi) is 6.36. The first-order valence-corrected chi connectivity index (χ1v) is 16.7. The third kappa shape index (κ3) is 3.67. The van der Waals surface area contributed by atoms with Crippen molar-refractivity contribution < 1.29 is 20.4 Å². The van der Waals surface area contributed by atoms with Crippen LogP contribution < -0.4 is 10.6 Å². The minimum absolute atomic E-state index is 0. The Labute approximate surface area is 256 Å². The standard InChI is InChI=1S/C36H22Cl2P.Pd/c37-39(38,33-21-9-19-31-27-13-3-1-11-23(27)25-15-5-7-17-29(25)35(31)33)34-22-10-20-32-28-14-4-2-12-24(28)26-16-6-8-18-30(26)36(32)34;/h1-22H;/q+1;. The van der Waals surface area contributed by atoms with Crippen LogP contribution in [0, 0.1) is 0 Å². The van der Waals surface area contributed by atoms with E-state index in [0.29, 0.717) is 0 Å². The first-order valence-electron chi connectivity index (χ1n) is 13.1. The summed E-state index contributed by atoms with van der Waals surface area (Å²) in [5.74, 6) is -2.86. The molecule has 0 N–H and O–H groups in total. The first kappa shape index (κ1) is 25.9. The second-order valence-electron chi connectivity index (χ2n) is 10.1. The van der Waals surface area contributed by atoms with Gasteiger partial charge in [0.1, 0.15) is 33.1 Å². The smallest absolute Gasteiger partial charge is 0.0616 e. The van der Waals surface area contributed by atoms with E-state index in [2.05, 4.69) is 133 Å². The van der Waals surface area contributed by atoms with Crippen molar-refractivity contribution in [2.75, 3.05) is 0 Å². The van der Waals surface area contributed by atoms with Gasteiger partial charge in [-0.05, 0) is 66.0 Å². The van der Waals surface area contributed by atoms with E-state index in [9.17, 15) is 0 Å². The van der Waals surface area contributed by atoms with E-state index in [1.54, 1.807) is 0 Å². The van der Waals surface area contributed by atoms with Crippen LogP contribution in [0.25, 0.3) is 64.6 Å². The van der Waals surface area contributed by atoms with Crippen molar-refractivity contribution >= 4 is 104 Å². The summed E-state index contributed by atoms with van der Waals surface area (Å²) in [6, 6.07) is 47.4. The molecule has 0 aromatic heterocycles. The minimum atomic E-state index is -2.86. The number of halogens is 2. The molecule has 0 aliphatic heterocycles. The van der Waals surface area contributed by atoms with Gasteiger partial charge in [0.15, 0.2) is 0 Å². The van der Waals surface area contributed by atoms with E-state index in [1.165, 1.54) is 53.9 Å². The van der Waals surface area contributed by atoms with Gasteiger partial charge < -0.3 is 0 Å². The summed E-state index contributed by atoms with van der Waals surface area (Å²) in [5.41, 5.74) is 0. The Hall–Kier alpha value is -3.01. The third-order valence-electron chi connectivity index (χ3n) is 8.10. The summed E-state index contributed by atoms with van der Waals surface area (Å²) in [7, 11) is 0. The monoisotopic (exact) mass is 661 g/mol. The molecule has 0 heterocycles. The molecule has 8 aromatic rings. The first-order chi connectivity index (χ1) is 19.1. The van der Waals surface area contributed by atoms with E-state index in [-0.39, 0.29) is 20.4 Å². The average Bonchev–Trinajstić information content (AvgIpc) is 3.00. The van der Waals surface area contributed by atoms with Gasteiger partial charge in [0.05, 0.1) is 0 Å². The Balaban J connectivity index is 0.00000264. The molecule has 40 heavy (non-hydrogen) atoms. The SMILES string of the molecule is Cl[P+](Cl)(c1cccc2c3ccccc3c3ccccc3c12)c1cccc2c3ccccc3c3ccccc3c12.[Pd]. The van der Waals surface area contributed by atoms with Crippen molar-refractivity contribution in [1.82, 2.24) is 0 Å².